The van der Waals surface area contributed by atoms with Gasteiger partial charge in [-0.05, 0) is 37.1 Å². The maximum absolute atomic E-state index is 12.9. The molecule has 1 fully saturated rings. The fourth-order valence-electron chi connectivity index (χ4n) is 4.44. The van der Waals surface area contributed by atoms with Crippen molar-refractivity contribution >= 4 is 33.4 Å². The topological polar surface area (TPSA) is 86.8 Å². The minimum absolute atomic E-state index is 0.0413. The number of amides is 1. The smallest absolute Gasteiger partial charge is 0.310 e. The van der Waals surface area contributed by atoms with E-state index in [1.165, 1.54) is 0 Å². The van der Waals surface area contributed by atoms with Gasteiger partial charge in [0.1, 0.15) is 12.7 Å². The normalized spacial score (nSPS) is 22.0. The van der Waals surface area contributed by atoms with Crippen LogP contribution in [0.4, 0.5) is 0 Å². The van der Waals surface area contributed by atoms with E-state index in [0.717, 1.165) is 40.9 Å². The lowest BCUT2D eigenvalue weighted by atomic mass is 9.79. The molecule has 0 saturated heterocycles. The van der Waals surface area contributed by atoms with Crippen LogP contribution in [0.2, 0.25) is 0 Å². The summed E-state index contributed by atoms with van der Waals surface area (Å²) in [5.41, 5.74) is 0.964. The summed E-state index contributed by atoms with van der Waals surface area (Å²) >= 11 is 1.64. The van der Waals surface area contributed by atoms with Gasteiger partial charge < -0.3 is 19.5 Å². The van der Waals surface area contributed by atoms with Crippen LogP contribution in [0.25, 0.3) is 10.2 Å². The van der Waals surface area contributed by atoms with Crippen LogP contribution in [-0.4, -0.2) is 42.7 Å². The molecular weight excluding hydrogens is 440 g/mol. The van der Waals surface area contributed by atoms with Crippen LogP contribution in [0.1, 0.15) is 36.6 Å². The fourth-order valence-corrected chi connectivity index (χ4v) is 5.61. The summed E-state index contributed by atoms with van der Waals surface area (Å²) in [4.78, 5) is 29.9. The van der Waals surface area contributed by atoms with Crippen molar-refractivity contribution in [3.8, 4) is 11.5 Å². The van der Waals surface area contributed by atoms with Gasteiger partial charge in [-0.2, -0.15) is 0 Å². The predicted molar refractivity (Wildman–Crippen MR) is 125 cm³/mol. The number of nitrogens with one attached hydrogen (secondary N) is 1. The summed E-state index contributed by atoms with van der Waals surface area (Å²) in [5, 5.41) is 3.75. The van der Waals surface area contributed by atoms with Gasteiger partial charge in [-0.15, -0.1) is 11.3 Å². The molecule has 1 aliphatic carbocycles. The lowest BCUT2D eigenvalue weighted by molar-refractivity contribution is -0.154. The molecule has 1 N–H and O–H groups in total. The zero-order valence-electron chi connectivity index (χ0n) is 18.2. The SMILES string of the molecule is O=C(COC(=O)C1CCCCC1c1nc2ccccc2s1)NCC1COc2ccccc2O1. The third-order valence-electron chi connectivity index (χ3n) is 6.14. The summed E-state index contributed by atoms with van der Waals surface area (Å²) in [5.74, 6) is 0.466. The molecular formula is C25H26N2O5S. The van der Waals surface area contributed by atoms with Gasteiger partial charge in [-0.1, -0.05) is 37.1 Å². The molecule has 3 unspecified atom stereocenters. The van der Waals surface area contributed by atoms with E-state index in [-0.39, 0.29) is 43.0 Å². The Morgan fingerprint density at radius 3 is 2.73 bits per heavy atom. The largest absolute Gasteiger partial charge is 0.486 e. The Labute approximate surface area is 196 Å². The van der Waals surface area contributed by atoms with Crippen LogP contribution >= 0.6 is 11.3 Å². The second-order valence-electron chi connectivity index (χ2n) is 8.43. The quantitative estimate of drug-likeness (QED) is 0.551. The molecule has 0 bridgehead atoms. The molecule has 1 aromatic heterocycles. The molecule has 0 radical (unpaired) electrons. The third kappa shape index (κ3) is 4.95. The van der Waals surface area contributed by atoms with Gasteiger partial charge >= 0.3 is 5.97 Å². The number of fused-ring (bicyclic) bond motifs is 2. The van der Waals surface area contributed by atoms with Crippen LogP contribution in [-0.2, 0) is 14.3 Å². The van der Waals surface area contributed by atoms with Crippen LogP contribution in [0, 0.1) is 5.92 Å². The van der Waals surface area contributed by atoms with Gasteiger partial charge in [0.25, 0.3) is 5.91 Å². The van der Waals surface area contributed by atoms with E-state index < -0.39 is 0 Å². The summed E-state index contributed by atoms with van der Waals surface area (Å²) in [7, 11) is 0. The highest BCUT2D eigenvalue weighted by Crippen LogP contribution is 2.41. The lowest BCUT2D eigenvalue weighted by Gasteiger charge is -2.28. The molecule has 2 heterocycles. The molecule has 2 aliphatic rings. The standard InChI is InChI=1S/C25H26N2O5S/c28-23(26-13-16-14-30-20-10-4-5-11-21(20)32-16)15-31-25(29)18-8-2-1-7-17(18)24-27-19-9-3-6-12-22(19)33-24/h3-6,9-12,16-18H,1-2,7-8,13-15H2,(H,26,28). The molecule has 1 aliphatic heterocycles. The average Bonchev–Trinajstić information content (AvgIpc) is 3.30. The molecule has 3 atom stereocenters. The summed E-state index contributed by atoms with van der Waals surface area (Å²) < 4.78 is 18.0. The monoisotopic (exact) mass is 466 g/mol. The Morgan fingerprint density at radius 2 is 1.85 bits per heavy atom. The van der Waals surface area contributed by atoms with E-state index in [1.807, 2.05) is 42.5 Å². The van der Waals surface area contributed by atoms with Gasteiger partial charge in [0.05, 0.1) is 27.7 Å². The van der Waals surface area contributed by atoms with E-state index in [1.54, 1.807) is 11.3 Å². The number of nitrogens with zero attached hydrogens (tertiary/aromatic N) is 1. The number of thiazole rings is 1. The summed E-state index contributed by atoms with van der Waals surface area (Å²) in [6, 6.07) is 15.4. The number of para-hydroxylation sites is 3. The number of esters is 1. The van der Waals surface area contributed by atoms with Crippen molar-refractivity contribution in [2.45, 2.75) is 37.7 Å². The third-order valence-corrected chi connectivity index (χ3v) is 7.30. The minimum atomic E-state index is -0.349. The van der Waals surface area contributed by atoms with E-state index >= 15 is 0 Å². The first-order chi connectivity index (χ1) is 16.2. The number of hydrogen-bond acceptors (Lipinski definition) is 7. The van der Waals surface area contributed by atoms with Gasteiger partial charge in [0.15, 0.2) is 18.1 Å². The lowest BCUT2D eigenvalue weighted by Crippen LogP contribution is -2.42. The molecule has 0 spiro atoms. The highest BCUT2D eigenvalue weighted by molar-refractivity contribution is 7.18. The van der Waals surface area contributed by atoms with E-state index in [0.29, 0.717) is 18.1 Å². The summed E-state index contributed by atoms with van der Waals surface area (Å²) in [6.45, 7) is 0.331. The Hall–Kier alpha value is -3.13. The summed E-state index contributed by atoms with van der Waals surface area (Å²) in [6.07, 6.45) is 3.42. The van der Waals surface area contributed by atoms with Gasteiger partial charge in [-0.25, -0.2) is 4.98 Å². The van der Waals surface area contributed by atoms with E-state index in [2.05, 4.69) is 11.4 Å². The number of carbonyl (C=O) groups excluding carboxylic acids is 2. The molecule has 8 heteroatoms. The van der Waals surface area contributed by atoms with Crippen LogP contribution in [0.5, 0.6) is 11.5 Å². The molecule has 33 heavy (non-hydrogen) atoms. The molecule has 172 valence electrons. The first-order valence-corrected chi connectivity index (χ1v) is 12.2. The first-order valence-electron chi connectivity index (χ1n) is 11.3. The van der Waals surface area contributed by atoms with Crippen molar-refractivity contribution in [2.24, 2.45) is 5.92 Å². The van der Waals surface area contributed by atoms with Crippen molar-refractivity contribution < 1.29 is 23.8 Å². The first kappa shape index (κ1) is 21.7. The van der Waals surface area contributed by atoms with E-state index in [9.17, 15) is 9.59 Å². The zero-order valence-corrected chi connectivity index (χ0v) is 19.0. The molecule has 1 amide bonds. The van der Waals surface area contributed by atoms with Crippen LogP contribution < -0.4 is 14.8 Å². The molecule has 2 aromatic carbocycles. The molecule has 3 aromatic rings. The Kier molecular flexibility index (Phi) is 6.44. The van der Waals surface area contributed by atoms with Crippen molar-refractivity contribution in [2.75, 3.05) is 19.8 Å². The van der Waals surface area contributed by atoms with Gasteiger partial charge in [-0.3, -0.25) is 9.59 Å². The van der Waals surface area contributed by atoms with Crippen LogP contribution in [0.3, 0.4) is 0 Å². The minimum Gasteiger partial charge on any atom is -0.486 e. The van der Waals surface area contributed by atoms with E-state index in [4.69, 9.17) is 19.2 Å². The maximum atomic E-state index is 12.9. The van der Waals surface area contributed by atoms with Crippen molar-refractivity contribution in [3.63, 3.8) is 0 Å². The Bertz CT molecular complexity index is 1110. The number of ether oxygens (including phenoxy) is 3. The second kappa shape index (κ2) is 9.79. The number of benzene rings is 2. The number of aromatic nitrogens is 1. The number of hydrogen-bond donors (Lipinski definition) is 1. The van der Waals surface area contributed by atoms with Gasteiger partial charge in [0.2, 0.25) is 0 Å². The second-order valence-corrected chi connectivity index (χ2v) is 9.49. The zero-order chi connectivity index (χ0) is 22.6. The van der Waals surface area contributed by atoms with Crippen molar-refractivity contribution in [1.29, 1.82) is 0 Å². The number of rotatable bonds is 6. The molecule has 7 nitrogen and oxygen atoms in total. The van der Waals surface area contributed by atoms with Gasteiger partial charge in [0, 0.05) is 5.92 Å². The highest BCUT2D eigenvalue weighted by Gasteiger charge is 2.35. The molecule has 1 saturated carbocycles. The average molecular weight is 467 g/mol. The predicted octanol–water partition coefficient (Wildman–Crippen LogP) is 4.07. The maximum Gasteiger partial charge on any atom is 0.310 e. The van der Waals surface area contributed by atoms with Crippen LogP contribution in [0.15, 0.2) is 48.5 Å². The number of carbonyl (C=O) groups is 2. The van der Waals surface area contributed by atoms with Crippen molar-refractivity contribution in [1.82, 2.24) is 10.3 Å². The van der Waals surface area contributed by atoms with Crippen molar-refractivity contribution in [3.05, 3.63) is 53.5 Å². The highest BCUT2D eigenvalue weighted by atomic mass is 32.1. The Balaban J connectivity index is 1.13. The fraction of sp³-hybridized carbons (Fsp3) is 0.400. The molecule has 5 rings (SSSR count). The Morgan fingerprint density at radius 1 is 1.06 bits per heavy atom.